The van der Waals surface area contributed by atoms with Crippen molar-refractivity contribution in [2.75, 3.05) is 10.8 Å². The summed E-state index contributed by atoms with van der Waals surface area (Å²) in [6, 6.07) is 11.0. The number of aryl methyl sites for hydroxylation is 1. The number of sulfonamides is 1. The molecule has 1 amide bonds. The molecule has 0 atom stereocenters. The lowest BCUT2D eigenvalue weighted by molar-refractivity contribution is -0.384. The number of anilines is 1. The molecule has 8 nitrogen and oxygen atoms in total. The average Bonchev–Trinajstić information content (AvgIpc) is 2.53. The Labute approximate surface area is 138 Å². The Morgan fingerprint density at radius 2 is 1.83 bits per heavy atom. The zero-order valence-electron chi connectivity index (χ0n) is 12.7. The molecule has 0 aromatic heterocycles. The molecule has 0 heterocycles. The van der Waals surface area contributed by atoms with Crippen LogP contribution < -0.4 is 10.0 Å². The minimum absolute atomic E-state index is 0.0106. The lowest BCUT2D eigenvalue weighted by Crippen LogP contribution is -2.38. The van der Waals surface area contributed by atoms with Crippen LogP contribution in [0.2, 0.25) is 0 Å². The number of nitro benzene ring substituents is 1. The van der Waals surface area contributed by atoms with Crippen LogP contribution in [-0.2, 0) is 14.8 Å². The largest absolute Gasteiger partial charge is 0.368 e. The minimum atomic E-state index is -4.10. The Morgan fingerprint density at radius 1 is 1.21 bits per heavy atom. The number of nitro groups is 1. The second-order valence-corrected chi connectivity index (χ2v) is 6.93. The van der Waals surface area contributed by atoms with Crippen molar-refractivity contribution in [2.24, 2.45) is 5.73 Å². The molecule has 0 aliphatic heterocycles. The molecule has 9 heteroatoms. The van der Waals surface area contributed by atoms with Crippen molar-refractivity contribution in [3.8, 4) is 0 Å². The molecule has 0 fully saturated rings. The highest BCUT2D eigenvalue weighted by molar-refractivity contribution is 7.92. The molecule has 0 saturated heterocycles. The summed E-state index contributed by atoms with van der Waals surface area (Å²) in [7, 11) is -4.10. The van der Waals surface area contributed by atoms with Crippen LogP contribution in [0.3, 0.4) is 0 Å². The number of carbonyl (C=O) groups is 1. The third-order valence-corrected chi connectivity index (χ3v) is 5.03. The summed E-state index contributed by atoms with van der Waals surface area (Å²) in [6.45, 7) is 1.18. The number of hydrogen-bond donors (Lipinski definition) is 1. The van der Waals surface area contributed by atoms with Crippen LogP contribution in [0, 0.1) is 17.0 Å². The number of benzene rings is 2. The van der Waals surface area contributed by atoms with Gasteiger partial charge in [0.1, 0.15) is 6.54 Å². The lowest BCUT2D eigenvalue weighted by Gasteiger charge is -2.23. The van der Waals surface area contributed by atoms with Crippen molar-refractivity contribution in [2.45, 2.75) is 11.8 Å². The van der Waals surface area contributed by atoms with E-state index in [9.17, 15) is 23.3 Å². The fourth-order valence-corrected chi connectivity index (χ4v) is 3.48. The maximum absolute atomic E-state index is 12.8. The molecule has 24 heavy (non-hydrogen) atoms. The standard InChI is InChI=1S/C15H15N3O5S/c1-11-5-7-14(8-6-11)24(22,23)17(10-15(16)19)12-3-2-4-13(9-12)18(20)21/h2-9H,10H2,1H3,(H2,16,19). The zero-order valence-corrected chi connectivity index (χ0v) is 13.6. The fraction of sp³-hybridized carbons (Fsp3) is 0.133. The van der Waals surface area contributed by atoms with Crippen LogP contribution in [0.25, 0.3) is 0 Å². The molecule has 2 N–H and O–H groups in total. The van der Waals surface area contributed by atoms with Gasteiger partial charge in [-0.2, -0.15) is 0 Å². The fourth-order valence-electron chi connectivity index (χ4n) is 2.06. The van der Waals surface area contributed by atoms with Gasteiger partial charge in [-0.3, -0.25) is 19.2 Å². The van der Waals surface area contributed by atoms with Crippen LogP contribution in [0.5, 0.6) is 0 Å². The van der Waals surface area contributed by atoms with Gasteiger partial charge < -0.3 is 5.73 Å². The van der Waals surface area contributed by atoms with Crippen LogP contribution in [0.4, 0.5) is 11.4 Å². The molecule has 0 radical (unpaired) electrons. The van der Waals surface area contributed by atoms with E-state index in [1.165, 1.54) is 30.3 Å². The maximum atomic E-state index is 12.8. The van der Waals surface area contributed by atoms with Gasteiger partial charge in [0, 0.05) is 12.1 Å². The maximum Gasteiger partial charge on any atom is 0.271 e. The van der Waals surface area contributed by atoms with Crippen molar-refractivity contribution in [3.05, 3.63) is 64.2 Å². The number of amides is 1. The predicted molar refractivity (Wildman–Crippen MR) is 88.0 cm³/mol. The highest BCUT2D eigenvalue weighted by Crippen LogP contribution is 2.26. The van der Waals surface area contributed by atoms with Gasteiger partial charge in [-0.15, -0.1) is 0 Å². The highest BCUT2D eigenvalue weighted by Gasteiger charge is 2.27. The molecule has 2 rings (SSSR count). The third kappa shape index (κ3) is 3.69. The van der Waals surface area contributed by atoms with Crippen molar-refractivity contribution in [1.82, 2.24) is 0 Å². The SMILES string of the molecule is Cc1ccc(S(=O)(=O)N(CC(N)=O)c2cccc([N+](=O)[O-])c2)cc1. The van der Waals surface area contributed by atoms with Crippen molar-refractivity contribution in [1.29, 1.82) is 0 Å². The molecule has 126 valence electrons. The second-order valence-electron chi connectivity index (χ2n) is 5.07. The third-order valence-electron chi connectivity index (χ3n) is 3.24. The van der Waals surface area contributed by atoms with E-state index in [4.69, 9.17) is 5.73 Å². The summed E-state index contributed by atoms with van der Waals surface area (Å²) in [6.07, 6.45) is 0. The van der Waals surface area contributed by atoms with Gasteiger partial charge in [0.25, 0.3) is 15.7 Å². The number of non-ortho nitro benzene ring substituents is 1. The molecule has 0 unspecified atom stereocenters. The Bertz CT molecular complexity index is 878. The summed E-state index contributed by atoms with van der Waals surface area (Å²) >= 11 is 0. The first-order chi connectivity index (χ1) is 11.2. The number of nitrogens with zero attached hydrogens (tertiary/aromatic N) is 2. The number of hydrogen-bond acceptors (Lipinski definition) is 5. The topological polar surface area (TPSA) is 124 Å². The molecule has 0 aliphatic carbocycles. The van der Waals surface area contributed by atoms with Crippen molar-refractivity contribution < 1.29 is 18.1 Å². The first-order valence-electron chi connectivity index (χ1n) is 6.84. The summed E-state index contributed by atoms with van der Waals surface area (Å²) < 4.78 is 26.4. The monoisotopic (exact) mass is 349 g/mol. The zero-order chi connectivity index (χ0) is 17.9. The molecule has 0 bridgehead atoms. The van der Waals surface area contributed by atoms with E-state index in [2.05, 4.69) is 0 Å². The van der Waals surface area contributed by atoms with Gasteiger partial charge >= 0.3 is 0 Å². The molecular weight excluding hydrogens is 334 g/mol. The molecule has 0 saturated carbocycles. The predicted octanol–water partition coefficient (Wildman–Crippen LogP) is 1.58. The molecular formula is C15H15N3O5S. The van der Waals surface area contributed by atoms with Crippen LogP contribution in [-0.4, -0.2) is 25.8 Å². The van der Waals surface area contributed by atoms with Gasteiger partial charge in [-0.25, -0.2) is 8.42 Å². The second kappa shape index (κ2) is 6.67. The van der Waals surface area contributed by atoms with Gasteiger partial charge in [-0.05, 0) is 25.1 Å². The number of nitrogens with two attached hydrogens (primary N) is 1. The quantitative estimate of drug-likeness (QED) is 0.626. The number of rotatable bonds is 6. The molecule has 2 aromatic carbocycles. The van der Waals surface area contributed by atoms with Crippen LogP contribution in [0.1, 0.15) is 5.56 Å². The Hall–Kier alpha value is -2.94. The van der Waals surface area contributed by atoms with Gasteiger partial charge in [0.05, 0.1) is 15.5 Å². The summed E-state index contributed by atoms with van der Waals surface area (Å²) in [5, 5.41) is 10.9. The molecule has 0 aliphatic rings. The number of primary amides is 1. The van der Waals surface area contributed by atoms with E-state index in [0.29, 0.717) is 0 Å². The average molecular weight is 349 g/mol. The summed E-state index contributed by atoms with van der Waals surface area (Å²) in [4.78, 5) is 21.5. The van der Waals surface area contributed by atoms with Gasteiger partial charge in [0.15, 0.2) is 0 Å². The van der Waals surface area contributed by atoms with E-state index in [1.54, 1.807) is 19.1 Å². The van der Waals surface area contributed by atoms with E-state index >= 15 is 0 Å². The lowest BCUT2D eigenvalue weighted by atomic mass is 10.2. The first-order valence-corrected chi connectivity index (χ1v) is 8.28. The molecule has 0 spiro atoms. The Morgan fingerprint density at radius 3 is 2.38 bits per heavy atom. The Balaban J connectivity index is 2.56. The highest BCUT2D eigenvalue weighted by atomic mass is 32.2. The summed E-state index contributed by atoms with van der Waals surface area (Å²) in [5.41, 5.74) is 5.71. The van der Waals surface area contributed by atoms with E-state index in [0.717, 1.165) is 15.9 Å². The smallest absolute Gasteiger partial charge is 0.271 e. The molecule has 2 aromatic rings. The normalized spacial score (nSPS) is 11.0. The minimum Gasteiger partial charge on any atom is -0.368 e. The number of carbonyl (C=O) groups excluding carboxylic acids is 1. The van der Waals surface area contributed by atoms with Crippen LogP contribution >= 0.6 is 0 Å². The van der Waals surface area contributed by atoms with E-state index in [1.807, 2.05) is 0 Å². The van der Waals surface area contributed by atoms with Gasteiger partial charge in [-0.1, -0.05) is 23.8 Å². The Kier molecular flexibility index (Phi) is 4.84. The van der Waals surface area contributed by atoms with Crippen molar-refractivity contribution >= 4 is 27.3 Å². The van der Waals surface area contributed by atoms with Crippen LogP contribution in [0.15, 0.2) is 53.4 Å². The first kappa shape index (κ1) is 17.4. The van der Waals surface area contributed by atoms with E-state index < -0.39 is 27.4 Å². The summed E-state index contributed by atoms with van der Waals surface area (Å²) in [5.74, 6) is -0.878. The van der Waals surface area contributed by atoms with Gasteiger partial charge in [0.2, 0.25) is 5.91 Å². The van der Waals surface area contributed by atoms with Crippen molar-refractivity contribution in [3.63, 3.8) is 0 Å². The van der Waals surface area contributed by atoms with E-state index in [-0.39, 0.29) is 16.3 Å².